The molecule has 0 radical (unpaired) electrons. The molecule has 2 atom stereocenters. The minimum Gasteiger partial charge on any atom is -0.384 e. The maximum atomic E-state index is 13.8. The van der Waals surface area contributed by atoms with Crippen molar-refractivity contribution in [3.63, 3.8) is 0 Å². The summed E-state index contributed by atoms with van der Waals surface area (Å²) in [5.74, 6) is 0.0672. The second kappa shape index (κ2) is 8.34. The number of ketones is 1. The molecule has 164 valence electrons. The van der Waals surface area contributed by atoms with E-state index in [0.717, 1.165) is 32.3 Å². The summed E-state index contributed by atoms with van der Waals surface area (Å²) in [6.45, 7) is 4.10. The van der Waals surface area contributed by atoms with Crippen LogP contribution in [0.4, 0.5) is 5.69 Å². The molecule has 0 spiro atoms. The molecule has 5 rings (SSSR count). The van der Waals surface area contributed by atoms with Crippen LogP contribution in [0.1, 0.15) is 45.6 Å². The van der Waals surface area contributed by atoms with Gasteiger partial charge in [0, 0.05) is 33.6 Å². The topological polar surface area (TPSA) is 83.0 Å². The van der Waals surface area contributed by atoms with Crippen LogP contribution in [0.25, 0.3) is 0 Å². The Morgan fingerprint density at radius 1 is 1.15 bits per heavy atom. The summed E-state index contributed by atoms with van der Waals surface area (Å²) in [5, 5.41) is 10.2. The Bertz CT molecular complexity index is 1330. The van der Waals surface area contributed by atoms with E-state index < -0.39 is 5.92 Å². The van der Waals surface area contributed by atoms with Crippen LogP contribution in [0.15, 0.2) is 83.6 Å². The molecule has 0 bridgehead atoms. The predicted molar refractivity (Wildman–Crippen MR) is 131 cm³/mol. The summed E-state index contributed by atoms with van der Waals surface area (Å²) >= 11 is 1.68. The molecule has 2 aromatic heterocycles. The lowest BCUT2D eigenvalue weighted by molar-refractivity contribution is -0.116. The number of Topliss-reactive ketones (excluding diaryl/α,β-unsaturated/α-hetero) is 1. The number of pyridine rings is 1. The van der Waals surface area contributed by atoms with Crippen LogP contribution < -0.4 is 10.6 Å². The van der Waals surface area contributed by atoms with E-state index in [1.807, 2.05) is 42.2 Å². The summed E-state index contributed by atoms with van der Waals surface area (Å²) < 4.78 is 0. The highest BCUT2D eigenvalue weighted by Gasteiger charge is 2.43. The van der Waals surface area contributed by atoms with E-state index in [2.05, 4.69) is 36.2 Å². The van der Waals surface area contributed by atoms with Gasteiger partial charge in [-0.05, 0) is 55.5 Å². The minimum absolute atomic E-state index is 0.0546. The van der Waals surface area contributed by atoms with Gasteiger partial charge in [-0.25, -0.2) is 0 Å². The van der Waals surface area contributed by atoms with Crippen LogP contribution in [-0.4, -0.2) is 10.8 Å². The molecule has 1 aliphatic heterocycles. The van der Waals surface area contributed by atoms with Gasteiger partial charge in [0.25, 0.3) is 0 Å². The third-order valence-corrected chi connectivity index (χ3v) is 7.51. The largest absolute Gasteiger partial charge is 0.384 e. The van der Waals surface area contributed by atoms with Crippen molar-refractivity contribution in [3.05, 3.63) is 104 Å². The minimum atomic E-state index is -0.438. The van der Waals surface area contributed by atoms with Crippen LogP contribution in [-0.2, 0) is 4.79 Å². The summed E-state index contributed by atoms with van der Waals surface area (Å²) in [6.07, 6.45) is 4.51. The summed E-state index contributed by atoms with van der Waals surface area (Å²) in [4.78, 5) is 22.2. The number of hydrogen-bond acceptors (Lipinski definition) is 6. The molecule has 0 saturated carbocycles. The lowest BCUT2D eigenvalue weighted by Crippen LogP contribution is -2.40. The van der Waals surface area contributed by atoms with Crippen LogP contribution in [0, 0.1) is 25.2 Å². The zero-order valence-electron chi connectivity index (χ0n) is 18.6. The standard InChI is InChI=1S/C27H24N4OS/c1-16-11-21(17(2)33-16)25-22(14-28)27(29)31(20-9-6-10-30-15-20)23-12-19(13-24(32)26(23)25)18-7-4-3-5-8-18/h3-11,15,19,25H,12-13,29H2,1-2H3/t19-,25+/m0/s1. The molecule has 6 heteroatoms. The predicted octanol–water partition coefficient (Wildman–Crippen LogP) is 5.46. The molecule has 0 amide bonds. The first kappa shape index (κ1) is 21.2. The SMILES string of the molecule is Cc1cc([C@@H]2C(C#N)=C(N)N(c3cccnc3)C3=C2C(=O)C[C@@H](c2ccccc2)C3)c(C)s1. The Morgan fingerprint density at radius 3 is 2.58 bits per heavy atom. The Hall–Kier alpha value is -3.69. The maximum absolute atomic E-state index is 13.8. The average Bonchev–Trinajstić information content (AvgIpc) is 3.16. The highest BCUT2D eigenvalue weighted by atomic mass is 32.1. The van der Waals surface area contributed by atoms with Crippen molar-refractivity contribution < 1.29 is 4.79 Å². The Labute approximate surface area is 197 Å². The second-order valence-electron chi connectivity index (χ2n) is 8.56. The highest BCUT2D eigenvalue weighted by Crippen LogP contribution is 2.50. The first-order valence-electron chi connectivity index (χ1n) is 11.0. The van der Waals surface area contributed by atoms with Gasteiger partial charge in [-0.2, -0.15) is 5.26 Å². The average molecular weight is 453 g/mol. The lowest BCUT2D eigenvalue weighted by Gasteiger charge is -2.41. The van der Waals surface area contributed by atoms with E-state index in [-0.39, 0.29) is 11.7 Å². The van der Waals surface area contributed by atoms with Crippen LogP contribution in [0.2, 0.25) is 0 Å². The number of carbonyl (C=O) groups excluding carboxylic acids is 1. The van der Waals surface area contributed by atoms with Gasteiger partial charge in [-0.1, -0.05) is 30.3 Å². The Kier molecular flexibility index (Phi) is 5.35. The van der Waals surface area contributed by atoms with Crippen LogP contribution in [0.5, 0.6) is 0 Å². The van der Waals surface area contributed by atoms with Crippen LogP contribution >= 0.6 is 11.3 Å². The number of nitrogens with two attached hydrogens (primary N) is 1. The Morgan fingerprint density at radius 2 is 1.94 bits per heavy atom. The number of nitriles is 1. The third kappa shape index (κ3) is 3.55. The smallest absolute Gasteiger partial charge is 0.162 e. The van der Waals surface area contributed by atoms with Gasteiger partial charge in [-0.3, -0.25) is 14.7 Å². The molecule has 0 fully saturated rings. The number of aromatic nitrogens is 1. The van der Waals surface area contributed by atoms with E-state index in [1.165, 1.54) is 0 Å². The molecule has 3 aromatic rings. The number of nitrogens with zero attached hydrogens (tertiary/aromatic N) is 3. The zero-order chi connectivity index (χ0) is 23.1. The quantitative estimate of drug-likeness (QED) is 0.571. The summed E-state index contributed by atoms with van der Waals surface area (Å²) in [6, 6.07) is 18.3. The fraction of sp³-hybridized carbons (Fsp3) is 0.222. The van der Waals surface area contributed by atoms with Gasteiger partial charge in [0.05, 0.1) is 29.4 Å². The molecule has 5 nitrogen and oxygen atoms in total. The first-order valence-corrected chi connectivity index (χ1v) is 11.8. The van der Waals surface area contributed by atoms with E-state index in [0.29, 0.717) is 29.8 Å². The van der Waals surface area contributed by atoms with Gasteiger partial charge < -0.3 is 5.73 Å². The summed E-state index contributed by atoms with van der Waals surface area (Å²) in [5.41, 5.74) is 11.6. The van der Waals surface area contributed by atoms with Crippen molar-refractivity contribution >= 4 is 22.8 Å². The molecule has 0 unspecified atom stereocenters. The van der Waals surface area contributed by atoms with Gasteiger partial charge in [0.15, 0.2) is 5.78 Å². The normalized spacial score (nSPS) is 20.6. The molecule has 0 saturated heterocycles. The van der Waals surface area contributed by atoms with E-state index >= 15 is 0 Å². The van der Waals surface area contributed by atoms with Gasteiger partial charge >= 0.3 is 0 Å². The van der Waals surface area contributed by atoms with E-state index in [9.17, 15) is 10.1 Å². The van der Waals surface area contributed by atoms with E-state index in [4.69, 9.17) is 5.73 Å². The molecule has 2 N–H and O–H groups in total. The number of aryl methyl sites for hydroxylation is 2. The molecule has 3 heterocycles. The van der Waals surface area contributed by atoms with Crippen LogP contribution in [0.3, 0.4) is 0 Å². The van der Waals surface area contributed by atoms with Gasteiger partial charge in [0.1, 0.15) is 5.82 Å². The third-order valence-electron chi connectivity index (χ3n) is 6.53. The van der Waals surface area contributed by atoms with Crippen molar-refractivity contribution in [2.45, 2.75) is 38.5 Å². The highest BCUT2D eigenvalue weighted by molar-refractivity contribution is 7.12. The molecule has 1 aliphatic carbocycles. The molecular formula is C27H24N4OS. The van der Waals surface area contributed by atoms with Gasteiger partial charge in [-0.15, -0.1) is 11.3 Å². The number of allylic oxidation sites excluding steroid dienone is 3. The first-order chi connectivity index (χ1) is 16.0. The van der Waals surface area contributed by atoms with Crippen molar-refractivity contribution in [1.29, 1.82) is 5.26 Å². The lowest BCUT2D eigenvalue weighted by atomic mass is 9.72. The zero-order valence-corrected chi connectivity index (χ0v) is 19.4. The fourth-order valence-electron chi connectivity index (χ4n) is 5.12. The number of carbonyl (C=O) groups is 1. The number of benzene rings is 1. The number of anilines is 1. The molecule has 33 heavy (non-hydrogen) atoms. The number of rotatable bonds is 3. The fourth-order valence-corrected chi connectivity index (χ4v) is 6.08. The second-order valence-corrected chi connectivity index (χ2v) is 10.0. The molecular weight excluding hydrogens is 428 g/mol. The number of thiophene rings is 1. The monoisotopic (exact) mass is 452 g/mol. The molecule has 1 aromatic carbocycles. The van der Waals surface area contributed by atoms with Gasteiger partial charge in [0.2, 0.25) is 0 Å². The number of hydrogen-bond donors (Lipinski definition) is 1. The molecule has 2 aliphatic rings. The van der Waals surface area contributed by atoms with Crippen molar-refractivity contribution in [3.8, 4) is 6.07 Å². The maximum Gasteiger partial charge on any atom is 0.162 e. The Balaban J connectivity index is 1.74. The summed E-state index contributed by atoms with van der Waals surface area (Å²) in [7, 11) is 0. The van der Waals surface area contributed by atoms with Crippen molar-refractivity contribution in [1.82, 2.24) is 4.98 Å². The van der Waals surface area contributed by atoms with Crippen molar-refractivity contribution in [2.75, 3.05) is 4.90 Å². The van der Waals surface area contributed by atoms with Crippen molar-refractivity contribution in [2.24, 2.45) is 5.73 Å². The van der Waals surface area contributed by atoms with E-state index in [1.54, 1.807) is 23.7 Å².